The van der Waals surface area contributed by atoms with E-state index in [1.54, 1.807) is 6.92 Å². The molecule has 0 radical (unpaired) electrons. The summed E-state index contributed by atoms with van der Waals surface area (Å²) in [5, 5.41) is 9.25. The Hall–Kier alpha value is -0.860. The zero-order valence-corrected chi connectivity index (χ0v) is 6.62. The van der Waals surface area contributed by atoms with E-state index in [1.807, 2.05) is 30.3 Å². The van der Waals surface area contributed by atoms with E-state index < -0.39 is 5.72 Å². The standard InChI is InChI=1S/C9H13NO/c1-9(10,11)7-8-5-3-2-4-6-8/h2-6,11H,7,10H2,1H3/t9-/m0/s1. The summed E-state index contributed by atoms with van der Waals surface area (Å²) in [5.74, 6) is 0. The lowest BCUT2D eigenvalue weighted by Crippen LogP contribution is -2.37. The van der Waals surface area contributed by atoms with E-state index in [4.69, 9.17) is 5.73 Å². The van der Waals surface area contributed by atoms with Gasteiger partial charge < -0.3 is 10.8 Å². The maximum Gasteiger partial charge on any atom is 0.114 e. The number of aliphatic hydroxyl groups is 1. The fourth-order valence-electron chi connectivity index (χ4n) is 1.01. The van der Waals surface area contributed by atoms with E-state index in [0.717, 1.165) is 5.56 Å². The van der Waals surface area contributed by atoms with E-state index in [0.29, 0.717) is 6.42 Å². The molecule has 0 saturated carbocycles. The third kappa shape index (κ3) is 3.16. The van der Waals surface area contributed by atoms with Crippen molar-refractivity contribution in [2.45, 2.75) is 19.1 Å². The van der Waals surface area contributed by atoms with E-state index in [1.165, 1.54) is 0 Å². The third-order valence-electron chi connectivity index (χ3n) is 1.40. The Morgan fingerprint density at radius 3 is 2.36 bits per heavy atom. The molecule has 0 bridgehead atoms. The fourth-order valence-corrected chi connectivity index (χ4v) is 1.01. The van der Waals surface area contributed by atoms with Gasteiger partial charge in [0.15, 0.2) is 0 Å². The maximum atomic E-state index is 9.25. The average Bonchev–Trinajstić information content (AvgIpc) is 1.85. The van der Waals surface area contributed by atoms with Crippen LogP contribution >= 0.6 is 0 Å². The molecule has 0 amide bonds. The Morgan fingerprint density at radius 1 is 1.36 bits per heavy atom. The van der Waals surface area contributed by atoms with Crippen molar-refractivity contribution >= 4 is 0 Å². The molecule has 0 aliphatic carbocycles. The van der Waals surface area contributed by atoms with Crippen molar-refractivity contribution in [3.63, 3.8) is 0 Å². The van der Waals surface area contributed by atoms with Gasteiger partial charge in [-0.05, 0) is 12.5 Å². The maximum absolute atomic E-state index is 9.25. The second kappa shape index (κ2) is 3.03. The summed E-state index contributed by atoms with van der Waals surface area (Å²) >= 11 is 0. The van der Waals surface area contributed by atoms with E-state index in [-0.39, 0.29) is 0 Å². The first-order valence-electron chi connectivity index (χ1n) is 3.63. The Morgan fingerprint density at radius 2 is 1.91 bits per heavy atom. The van der Waals surface area contributed by atoms with Gasteiger partial charge in [-0.3, -0.25) is 0 Å². The molecule has 1 atom stereocenters. The van der Waals surface area contributed by atoms with Crippen LogP contribution in [0.15, 0.2) is 30.3 Å². The summed E-state index contributed by atoms with van der Waals surface area (Å²) in [6.07, 6.45) is 0.494. The first-order chi connectivity index (χ1) is 5.08. The smallest absolute Gasteiger partial charge is 0.114 e. The summed E-state index contributed by atoms with van der Waals surface area (Å²) in [7, 11) is 0. The van der Waals surface area contributed by atoms with Gasteiger partial charge in [-0.2, -0.15) is 0 Å². The molecule has 0 saturated heterocycles. The van der Waals surface area contributed by atoms with Crippen molar-refractivity contribution < 1.29 is 5.11 Å². The first kappa shape index (κ1) is 8.24. The quantitative estimate of drug-likeness (QED) is 0.617. The zero-order chi connectivity index (χ0) is 8.32. The van der Waals surface area contributed by atoms with Crippen LogP contribution in [0.4, 0.5) is 0 Å². The van der Waals surface area contributed by atoms with Crippen LogP contribution < -0.4 is 5.73 Å². The van der Waals surface area contributed by atoms with E-state index in [2.05, 4.69) is 0 Å². The Bertz CT molecular complexity index is 213. The highest BCUT2D eigenvalue weighted by atomic mass is 16.3. The molecule has 0 aromatic heterocycles. The van der Waals surface area contributed by atoms with Crippen molar-refractivity contribution in [3.05, 3.63) is 35.9 Å². The molecule has 0 spiro atoms. The van der Waals surface area contributed by atoms with Gasteiger partial charge in [0.2, 0.25) is 0 Å². The van der Waals surface area contributed by atoms with Crippen molar-refractivity contribution in [1.29, 1.82) is 0 Å². The van der Waals surface area contributed by atoms with E-state index in [9.17, 15) is 5.11 Å². The topological polar surface area (TPSA) is 46.2 Å². The zero-order valence-electron chi connectivity index (χ0n) is 6.62. The van der Waals surface area contributed by atoms with Crippen LogP contribution in [-0.4, -0.2) is 10.8 Å². The lowest BCUT2D eigenvalue weighted by atomic mass is 10.1. The Kier molecular flexibility index (Phi) is 2.27. The molecule has 1 rings (SSSR count). The minimum absolute atomic E-state index is 0.494. The molecule has 1 aromatic carbocycles. The van der Waals surface area contributed by atoms with Gasteiger partial charge in [-0.15, -0.1) is 0 Å². The van der Waals surface area contributed by atoms with Crippen LogP contribution in [0.1, 0.15) is 12.5 Å². The predicted octanol–water partition coefficient (Wildman–Crippen LogP) is 0.896. The molecule has 60 valence electrons. The summed E-state index contributed by atoms with van der Waals surface area (Å²) in [4.78, 5) is 0. The SMILES string of the molecule is C[C@](N)(O)Cc1ccccc1. The molecule has 3 N–H and O–H groups in total. The predicted molar refractivity (Wildman–Crippen MR) is 45.0 cm³/mol. The summed E-state index contributed by atoms with van der Waals surface area (Å²) < 4.78 is 0. The van der Waals surface area contributed by atoms with E-state index >= 15 is 0 Å². The molecule has 0 heterocycles. The molecule has 0 fully saturated rings. The van der Waals surface area contributed by atoms with Crippen LogP contribution in [0.3, 0.4) is 0 Å². The van der Waals surface area contributed by atoms with Crippen LogP contribution in [0, 0.1) is 0 Å². The lowest BCUT2D eigenvalue weighted by Gasteiger charge is -2.16. The third-order valence-corrected chi connectivity index (χ3v) is 1.40. The molecule has 2 nitrogen and oxygen atoms in total. The van der Waals surface area contributed by atoms with Crippen LogP contribution in [-0.2, 0) is 6.42 Å². The van der Waals surface area contributed by atoms with Gasteiger partial charge in [0, 0.05) is 6.42 Å². The molecular formula is C9H13NO. The van der Waals surface area contributed by atoms with Crippen molar-refractivity contribution in [3.8, 4) is 0 Å². The molecular weight excluding hydrogens is 138 g/mol. The van der Waals surface area contributed by atoms with Crippen LogP contribution in [0.25, 0.3) is 0 Å². The largest absolute Gasteiger partial charge is 0.376 e. The second-order valence-electron chi connectivity index (χ2n) is 3.02. The number of nitrogens with two attached hydrogens (primary N) is 1. The van der Waals surface area contributed by atoms with Gasteiger partial charge in [0.25, 0.3) is 0 Å². The molecule has 0 unspecified atom stereocenters. The molecule has 11 heavy (non-hydrogen) atoms. The highest BCUT2D eigenvalue weighted by Gasteiger charge is 2.12. The summed E-state index contributed by atoms with van der Waals surface area (Å²) in [6.45, 7) is 1.60. The highest BCUT2D eigenvalue weighted by molar-refractivity contribution is 5.16. The normalized spacial score (nSPS) is 15.9. The van der Waals surface area contributed by atoms with Gasteiger partial charge >= 0.3 is 0 Å². The van der Waals surface area contributed by atoms with Crippen molar-refractivity contribution in [2.75, 3.05) is 0 Å². The van der Waals surface area contributed by atoms with Gasteiger partial charge in [-0.1, -0.05) is 30.3 Å². The second-order valence-corrected chi connectivity index (χ2v) is 3.02. The van der Waals surface area contributed by atoms with Gasteiger partial charge in [0.1, 0.15) is 5.72 Å². The lowest BCUT2D eigenvalue weighted by molar-refractivity contribution is 0.0677. The minimum atomic E-state index is -1.10. The Labute approximate surface area is 66.7 Å². The van der Waals surface area contributed by atoms with Gasteiger partial charge in [-0.25, -0.2) is 0 Å². The molecule has 0 aliphatic rings. The number of rotatable bonds is 2. The Balaban J connectivity index is 2.66. The number of benzene rings is 1. The van der Waals surface area contributed by atoms with Crippen molar-refractivity contribution in [2.24, 2.45) is 5.73 Å². The van der Waals surface area contributed by atoms with Gasteiger partial charge in [0.05, 0.1) is 0 Å². The summed E-state index contributed by atoms with van der Waals surface area (Å²) in [5.41, 5.74) is 5.38. The molecule has 1 aromatic rings. The van der Waals surface area contributed by atoms with Crippen LogP contribution in [0.2, 0.25) is 0 Å². The monoisotopic (exact) mass is 151 g/mol. The summed E-state index contributed by atoms with van der Waals surface area (Å²) in [6, 6.07) is 9.69. The number of hydrogen-bond donors (Lipinski definition) is 2. The van der Waals surface area contributed by atoms with Crippen molar-refractivity contribution in [1.82, 2.24) is 0 Å². The number of hydrogen-bond acceptors (Lipinski definition) is 2. The fraction of sp³-hybridized carbons (Fsp3) is 0.333. The molecule has 0 aliphatic heterocycles. The minimum Gasteiger partial charge on any atom is -0.376 e. The first-order valence-corrected chi connectivity index (χ1v) is 3.63. The molecule has 2 heteroatoms. The average molecular weight is 151 g/mol. The highest BCUT2D eigenvalue weighted by Crippen LogP contribution is 2.06. The van der Waals surface area contributed by atoms with Crippen LogP contribution in [0.5, 0.6) is 0 Å².